The zero-order chi connectivity index (χ0) is 11.8. The van der Waals surface area contributed by atoms with Gasteiger partial charge in [-0.3, -0.25) is 9.48 Å². The molecule has 0 aromatic carbocycles. The summed E-state index contributed by atoms with van der Waals surface area (Å²) >= 11 is 0. The maximum absolute atomic E-state index is 11.6. The summed E-state index contributed by atoms with van der Waals surface area (Å²) in [5.41, 5.74) is 0.960. The maximum atomic E-state index is 11.6. The molecule has 1 atom stereocenters. The lowest BCUT2D eigenvalue weighted by Gasteiger charge is -2.13. The average molecular weight is 234 g/mol. The number of rotatable bonds is 2. The highest BCUT2D eigenvalue weighted by Crippen LogP contribution is 2.24. The van der Waals surface area contributed by atoms with E-state index in [9.17, 15) is 4.79 Å². The van der Waals surface area contributed by atoms with Crippen LogP contribution in [0.25, 0.3) is 0 Å². The van der Waals surface area contributed by atoms with Crippen molar-refractivity contribution in [1.29, 1.82) is 0 Å². The average Bonchev–Trinajstić information content (AvgIpc) is 2.97. The van der Waals surface area contributed by atoms with Gasteiger partial charge in [0.15, 0.2) is 0 Å². The summed E-state index contributed by atoms with van der Waals surface area (Å²) in [7, 11) is 2.13. The van der Waals surface area contributed by atoms with Crippen molar-refractivity contribution < 1.29 is 4.79 Å². The number of amides is 1. The van der Waals surface area contributed by atoms with Crippen molar-refractivity contribution in [1.82, 2.24) is 14.7 Å². The second-order valence-corrected chi connectivity index (χ2v) is 5.03. The number of carbonyl (C=O) groups is 1. The quantitative estimate of drug-likeness (QED) is 0.763. The molecule has 0 radical (unpaired) electrons. The summed E-state index contributed by atoms with van der Waals surface area (Å²) in [6.07, 6.45) is 6.63. The number of hydrogen-bond acceptors (Lipinski definition) is 3. The van der Waals surface area contributed by atoms with Crippen LogP contribution in [0.2, 0.25) is 0 Å². The van der Waals surface area contributed by atoms with Gasteiger partial charge in [0.1, 0.15) is 0 Å². The van der Waals surface area contributed by atoms with Crippen molar-refractivity contribution >= 4 is 11.6 Å². The molecule has 1 aromatic heterocycles. The fourth-order valence-electron chi connectivity index (χ4n) is 2.72. The Hall–Kier alpha value is -1.36. The molecule has 1 unspecified atom stereocenters. The van der Waals surface area contributed by atoms with Crippen LogP contribution < -0.4 is 4.90 Å². The predicted octanol–water partition coefficient (Wildman–Crippen LogP) is 0.887. The van der Waals surface area contributed by atoms with Gasteiger partial charge in [0.05, 0.1) is 17.9 Å². The SMILES string of the molecule is CN1CCC(n2cc(N3CCCC3=O)cn2)C1. The molecule has 3 heterocycles. The van der Waals surface area contributed by atoms with Crippen LogP contribution in [0.15, 0.2) is 12.4 Å². The highest BCUT2D eigenvalue weighted by atomic mass is 16.2. The smallest absolute Gasteiger partial charge is 0.227 e. The van der Waals surface area contributed by atoms with Gasteiger partial charge in [-0.2, -0.15) is 5.10 Å². The molecule has 0 saturated carbocycles. The Bertz CT molecular complexity index is 428. The molecule has 0 aliphatic carbocycles. The molecule has 2 fully saturated rings. The van der Waals surface area contributed by atoms with Crippen LogP contribution in [-0.4, -0.2) is 47.3 Å². The van der Waals surface area contributed by atoms with E-state index in [2.05, 4.69) is 17.0 Å². The van der Waals surface area contributed by atoms with Crippen LogP contribution in [0.4, 0.5) is 5.69 Å². The third kappa shape index (κ3) is 1.95. The van der Waals surface area contributed by atoms with E-state index in [0.29, 0.717) is 12.5 Å². The monoisotopic (exact) mass is 234 g/mol. The Labute approximate surface area is 101 Å². The summed E-state index contributed by atoms with van der Waals surface area (Å²) < 4.78 is 2.02. The molecule has 1 aromatic rings. The van der Waals surface area contributed by atoms with E-state index < -0.39 is 0 Å². The third-order valence-electron chi connectivity index (χ3n) is 3.71. The molecule has 0 spiro atoms. The molecule has 0 N–H and O–H groups in total. The first-order chi connectivity index (χ1) is 8.24. The van der Waals surface area contributed by atoms with E-state index in [1.165, 1.54) is 0 Å². The first-order valence-corrected chi connectivity index (χ1v) is 6.27. The van der Waals surface area contributed by atoms with Crippen molar-refractivity contribution in [3.8, 4) is 0 Å². The molecular formula is C12H18N4O. The van der Waals surface area contributed by atoms with Crippen molar-refractivity contribution in [3.63, 3.8) is 0 Å². The summed E-state index contributed by atoms with van der Waals surface area (Å²) in [4.78, 5) is 15.8. The first-order valence-electron chi connectivity index (χ1n) is 6.27. The molecule has 5 heteroatoms. The van der Waals surface area contributed by atoms with Crippen molar-refractivity contribution in [3.05, 3.63) is 12.4 Å². The summed E-state index contributed by atoms with van der Waals surface area (Å²) in [5, 5.41) is 4.41. The molecule has 1 amide bonds. The van der Waals surface area contributed by atoms with Crippen LogP contribution in [0, 0.1) is 0 Å². The number of carbonyl (C=O) groups excluding carboxylic acids is 1. The lowest BCUT2D eigenvalue weighted by atomic mass is 10.3. The normalized spacial score (nSPS) is 26.1. The van der Waals surface area contributed by atoms with E-state index in [1.807, 2.05) is 22.0 Å². The number of hydrogen-bond donors (Lipinski definition) is 0. The summed E-state index contributed by atoms with van der Waals surface area (Å²) in [5.74, 6) is 0.230. The fraction of sp³-hybridized carbons (Fsp3) is 0.667. The van der Waals surface area contributed by atoms with Gasteiger partial charge in [-0.25, -0.2) is 0 Å². The van der Waals surface area contributed by atoms with Gasteiger partial charge in [-0.15, -0.1) is 0 Å². The Morgan fingerprint density at radius 1 is 1.41 bits per heavy atom. The zero-order valence-corrected chi connectivity index (χ0v) is 10.2. The van der Waals surface area contributed by atoms with Gasteiger partial charge in [0.2, 0.25) is 5.91 Å². The van der Waals surface area contributed by atoms with E-state index in [-0.39, 0.29) is 5.91 Å². The summed E-state index contributed by atoms with van der Waals surface area (Å²) in [6.45, 7) is 3.02. The molecule has 17 heavy (non-hydrogen) atoms. The van der Waals surface area contributed by atoms with Crippen molar-refractivity contribution in [2.24, 2.45) is 0 Å². The standard InChI is InChI=1S/C12H18N4O/c1-14-6-4-10(8-14)16-9-11(7-13-16)15-5-2-3-12(15)17/h7,9-10H,2-6,8H2,1H3. The Balaban J connectivity index is 1.76. The predicted molar refractivity (Wildman–Crippen MR) is 65.0 cm³/mol. The number of likely N-dealkylation sites (N-methyl/N-ethyl adjacent to an activating group) is 1. The first kappa shape index (κ1) is 10.8. The van der Waals surface area contributed by atoms with Gasteiger partial charge in [0.25, 0.3) is 0 Å². The van der Waals surface area contributed by atoms with Crippen LogP contribution in [0.3, 0.4) is 0 Å². The minimum absolute atomic E-state index is 0.230. The molecule has 2 aliphatic heterocycles. The van der Waals surface area contributed by atoms with Gasteiger partial charge < -0.3 is 9.80 Å². The minimum Gasteiger partial charge on any atom is -0.309 e. The van der Waals surface area contributed by atoms with Crippen LogP contribution >= 0.6 is 0 Å². The Morgan fingerprint density at radius 2 is 2.29 bits per heavy atom. The number of nitrogens with zero attached hydrogens (tertiary/aromatic N) is 4. The van der Waals surface area contributed by atoms with Gasteiger partial charge in [-0.05, 0) is 26.4 Å². The van der Waals surface area contributed by atoms with E-state index in [1.54, 1.807) is 0 Å². The Morgan fingerprint density at radius 3 is 2.94 bits per heavy atom. The summed E-state index contributed by atoms with van der Waals surface area (Å²) in [6, 6.07) is 0.464. The molecule has 5 nitrogen and oxygen atoms in total. The molecule has 2 aliphatic rings. The Kier molecular flexibility index (Phi) is 2.63. The molecule has 3 rings (SSSR count). The van der Waals surface area contributed by atoms with Crippen molar-refractivity contribution in [2.75, 3.05) is 31.6 Å². The van der Waals surface area contributed by atoms with E-state index >= 15 is 0 Å². The molecule has 0 bridgehead atoms. The van der Waals surface area contributed by atoms with E-state index in [0.717, 1.165) is 38.2 Å². The molecule has 92 valence electrons. The number of likely N-dealkylation sites (tertiary alicyclic amines) is 1. The van der Waals surface area contributed by atoms with Gasteiger partial charge in [-0.1, -0.05) is 0 Å². The second-order valence-electron chi connectivity index (χ2n) is 5.03. The fourth-order valence-corrected chi connectivity index (χ4v) is 2.72. The maximum Gasteiger partial charge on any atom is 0.227 e. The second kappa shape index (κ2) is 4.14. The molecular weight excluding hydrogens is 216 g/mol. The van der Waals surface area contributed by atoms with E-state index in [4.69, 9.17) is 0 Å². The topological polar surface area (TPSA) is 41.4 Å². The lowest BCUT2D eigenvalue weighted by molar-refractivity contribution is -0.117. The van der Waals surface area contributed by atoms with Gasteiger partial charge in [0, 0.05) is 25.7 Å². The van der Waals surface area contributed by atoms with Crippen molar-refractivity contribution in [2.45, 2.75) is 25.3 Å². The van der Waals surface area contributed by atoms with Gasteiger partial charge >= 0.3 is 0 Å². The zero-order valence-electron chi connectivity index (χ0n) is 10.2. The minimum atomic E-state index is 0.230. The number of aromatic nitrogens is 2. The van der Waals surface area contributed by atoms with Crippen LogP contribution in [-0.2, 0) is 4.79 Å². The third-order valence-corrected chi connectivity index (χ3v) is 3.71. The largest absolute Gasteiger partial charge is 0.309 e. The number of anilines is 1. The van der Waals surface area contributed by atoms with Crippen LogP contribution in [0.5, 0.6) is 0 Å². The van der Waals surface area contributed by atoms with Crippen LogP contribution in [0.1, 0.15) is 25.3 Å². The highest BCUT2D eigenvalue weighted by molar-refractivity contribution is 5.95. The molecule has 2 saturated heterocycles. The highest BCUT2D eigenvalue weighted by Gasteiger charge is 2.25. The lowest BCUT2D eigenvalue weighted by Crippen LogP contribution is -2.23.